The van der Waals surface area contributed by atoms with E-state index in [1.54, 1.807) is 24.3 Å². The van der Waals surface area contributed by atoms with Crippen molar-refractivity contribution in [1.29, 1.82) is 0 Å². The van der Waals surface area contributed by atoms with Gasteiger partial charge in [-0.3, -0.25) is 0 Å². The summed E-state index contributed by atoms with van der Waals surface area (Å²) in [5.41, 5.74) is 1.39. The van der Waals surface area contributed by atoms with Crippen molar-refractivity contribution in [3.05, 3.63) is 35.4 Å². The van der Waals surface area contributed by atoms with Gasteiger partial charge >= 0.3 is 6.18 Å². The van der Waals surface area contributed by atoms with Gasteiger partial charge in [0, 0.05) is 0 Å². The smallest absolute Gasteiger partial charge is 0.170 e. The second-order valence-corrected chi connectivity index (χ2v) is 3.36. The number of hydrogen-bond acceptors (Lipinski definition) is 0. The Hall–Kier alpha value is -0.990. The Balaban J connectivity index is 2.87. The van der Waals surface area contributed by atoms with Gasteiger partial charge in [0.25, 0.3) is 0 Å². The second kappa shape index (κ2) is 4.03. The van der Waals surface area contributed by atoms with Crippen LogP contribution in [0.1, 0.15) is 30.9 Å². The van der Waals surface area contributed by atoms with Crippen LogP contribution in [-0.2, 0) is 6.42 Å². The van der Waals surface area contributed by atoms with E-state index in [4.69, 9.17) is 0 Å². The quantitative estimate of drug-likeness (QED) is 0.682. The largest absolute Gasteiger partial charge is 0.395 e. The molecule has 0 fully saturated rings. The van der Waals surface area contributed by atoms with Crippen LogP contribution in [0, 0.1) is 0 Å². The fraction of sp³-hybridized carbons (Fsp3) is 0.455. The van der Waals surface area contributed by atoms with E-state index in [-0.39, 0.29) is 0 Å². The van der Waals surface area contributed by atoms with Crippen LogP contribution in [-0.4, -0.2) is 6.18 Å². The van der Waals surface area contributed by atoms with Crippen molar-refractivity contribution in [3.63, 3.8) is 0 Å². The number of rotatable bonds is 2. The van der Waals surface area contributed by atoms with Gasteiger partial charge in [-0.05, 0) is 24.5 Å². The predicted octanol–water partition coefficient (Wildman–Crippen LogP) is 3.91. The highest BCUT2D eigenvalue weighted by atomic mass is 19.4. The molecule has 1 aromatic rings. The molecule has 1 atom stereocenters. The third kappa shape index (κ3) is 2.50. The van der Waals surface area contributed by atoms with Crippen LogP contribution >= 0.6 is 0 Å². The zero-order valence-electron chi connectivity index (χ0n) is 8.23. The fourth-order valence-corrected chi connectivity index (χ4v) is 1.23. The predicted molar refractivity (Wildman–Crippen MR) is 50.3 cm³/mol. The molecule has 1 aromatic carbocycles. The molecule has 0 saturated carbocycles. The first-order chi connectivity index (χ1) is 6.45. The van der Waals surface area contributed by atoms with Crippen molar-refractivity contribution >= 4 is 0 Å². The monoisotopic (exact) mass is 202 g/mol. The van der Waals surface area contributed by atoms with Crippen LogP contribution in [0.15, 0.2) is 24.3 Å². The topological polar surface area (TPSA) is 0 Å². The molecule has 0 aliphatic heterocycles. The lowest BCUT2D eigenvalue weighted by Gasteiger charge is -2.15. The summed E-state index contributed by atoms with van der Waals surface area (Å²) < 4.78 is 37.0. The molecule has 0 bridgehead atoms. The van der Waals surface area contributed by atoms with Gasteiger partial charge in [-0.2, -0.15) is 13.2 Å². The molecule has 1 rings (SSSR count). The van der Waals surface area contributed by atoms with Crippen LogP contribution in [0.25, 0.3) is 0 Å². The molecule has 0 heterocycles. The van der Waals surface area contributed by atoms with Gasteiger partial charge in [0.05, 0.1) is 5.92 Å². The van der Waals surface area contributed by atoms with Crippen LogP contribution in [0.2, 0.25) is 0 Å². The Kier molecular flexibility index (Phi) is 3.19. The minimum atomic E-state index is -4.15. The molecule has 78 valence electrons. The number of aryl methyl sites for hydroxylation is 1. The fourth-order valence-electron chi connectivity index (χ4n) is 1.23. The van der Waals surface area contributed by atoms with Crippen LogP contribution < -0.4 is 0 Å². The summed E-state index contributed by atoms with van der Waals surface area (Å²) in [6, 6.07) is 6.60. The molecule has 0 amide bonds. The number of hydrogen-bond donors (Lipinski definition) is 0. The number of benzene rings is 1. The Labute approximate surface area is 81.8 Å². The number of halogens is 3. The van der Waals surface area contributed by atoms with E-state index in [0.717, 1.165) is 12.0 Å². The Bertz CT molecular complexity index is 284. The minimum Gasteiger partial charge on any atom is -0.170 e. The lowest BCUT2D eigenvalue weighted by molar-refractivity contribution is -0.146. The normalized spacial score (nSPS) is 14.1. The van der Waals surface area contributed by atoms with Crippen LogP contribution in [0.3, 0.4) is 0 Å². The van der Waals surface area contributed by atoms with Crippen molar-refractivity contribution in [2.45, 2.75) is 32.4 Å². The standard InChI is InChI=1S/C11H13F3/c1-3-9-4-6-10(7-5-9)8(2)11(12,13)14/h4-8H,3H2,1-2H3. The molecule has 0 aromatic heterocycles. The Morgan fingerprint density at radius 1 is 1.14 bits per heavy atom. The van der Waals surface area contributed by atoms with E-state index < -0.39 is 12.1 Å². The van der Waals surface area contributed by atoms with Crippen molar-refractivity contribution < 1.29 is 13.2 Å². The Morgan fingerprint density at radius 3 is 2.00 bits per heavy atom. The second-order valence-electron chi connectivity index (χ2n) is 3.36. The molecule has 0 spiro atoms. The molecular weight excluding hydrogens is 189 g/mol. The molecule has 1 unspecified atom stereocenters. The average Bonchev–Trinajstić information content (AvgIpc) is 2.15. The van der Waals surface area contributed by atoms with E-state index in [2.05, 4.69) is 0 Å². The third-order valence-corrected chi connectivity index (χ3v) is 2.38. The highest BCUT2D eigenvalue weighted by Crippen LogP contribution is 2.34. The molecule has 0 radical (unpaired) electrons. The summed E-state index contributed by atoms with van der Waals surface area (Å²) in [6.07, 6.45) is -3.30. The summed E-state index contributed by atoms with van der Waals surface area (Å²) in [5.74, 6) is -1.38. The summed E-state index contributed by atoms with van der Waals surface area (Å²) in [4.78, 5) is 0. The molecular formula is C11H13F3. The van der Waals surface area contributed by atoms with Gasteiger partial charge in [-0.15, -0.1) is 0 Å². The van der Waals surface area contributed by atoms with Crippen molar-refractivity contribution in [3.8, 4) is 0 Å². The minimum absolute atomic E-state index is 0.328. The zero-order chi connectivity index (χ0) is 10.8. The van der Waals surface area contributed by atoms with Crippen molar-refractivity contribution in [2.75, 3.05) is 0 Å². The van der Waals surface area contributed by atoms with E-state index in [0.29, 0.717) is 5.56 Å². The average molecular weight is 202 g/mol. The molecule has 0 aliphatic carbocycles. The first-order valence-corrected chi connectivity index (χ1v) is 4.60. The molecule has 0 aliphatic rings. The maximum Gasteiger partial charge on any atom is 0.395 e. The molecule has 0 saturated heterocycles. The maximum atomic E-state index is 12.3. The summed E-state index contributed by atoms with van der Waals surface area (Å²) in [6.45, 7) is 3.16. The summed E-state index contributed by atoms with van der Waals surface area (Å²) in [7, 11) is 0. The van der Waals surface area contributed by atoms with E-state index in [1.807, 2.05) is 6.92 Å². The Morgan fingerprint density at radius 2 is 1.64 bits per heavy atom. The van der Waals surface area contributed by atoms with Gasteiger partial charge < -0.3 is 0 Å². The van der Waals surface area contributed by atoms with Gasteiger partial charge in [-0.25, -0.2) is 0 Å². The van der Waals surface area contributed by atoms with E-state index in [1.165, 1.54) is 6.92 Å². The zero-order valence-corrected chi connectivity index (χ0v) is 8.23. The third-order valence-electron chi connectivity index (χ3n) is 2.38. The van der Waals surface area contributed by atoms with E-state index in [9.17, 15) is 13.2 Å². The summed E-state index contributed by atoms with van der Waals surface area (Å²) >= 11 is 0. The summed E-state index contributed by atoms with van der Waals surface area (Å²) in [5, 5.41) is 0. The van der Waals surface area contributed by atoms with Crippen LogP contribution in [0.4, 0.5) is 13.2 Å². The van der Waals surface area contributed by atoms with Crippen LogP contribution in [0.5, 0.6) is 0 Å². The lowest BCUT2D eigenvalue weighted by atomic mass is 9.99. The van der Waals surface area contributed by atoms with Gasteiger partial charge in [0.2, 0.25) is 0 Å². The van der Waals surface area contributed by atoms with E-state index >= 15 is 0 Å². The first kappa shape index (κ1) is 11.1. The van der Waals surface area contributed by atoms with Crippen molar-refractivity contribution in [2.24, 2.45) is 0 Å². The maximum absolute atomic E-state index is 12.3. The van der Waals surface area contributed by atoms with Crippen molar-refractivity contribution in [1.82, 2.24) is 0 Å². The molecule has 0 nitrogen and oxygen atoms in total. The molecule has 3 heteroatoms. The highest BCUT2D eigenvalue weighted by molar-refractivity contribution is 5.25. The van der Waals surface area contributed by atoms with Gasteiger partial charge in [-0.1, -0.05) is 31.2 Å². The number of alkyl halides is 3. The highest BCUT2D eigenvalue weighted by Gasteiger charge is 2.36. The molecule has 14 heavy (non-hydrogen) atoms. The van der Waals surface area contributed by atoms with Gasteiger partial charge in [0.1, 0.15) is 0 Å². The lowest BCUT2D eigenvalue weighted by Crippen LogP contribution is -2.17. The SMILES string of the molecule is CCc1ccc(C(C)C(F)(F)F)cc1. The molecule has 0 N–H and O–H groups in total. The first-order valence-electron chi connectivity index (χ1n) is 4.60. The van der Waals surface area contributed by atoms with Gasteiger partial charge in [0.15, 0.2) is 0 Å².